The molecule has 0 bridgehead atoms. The third-order valence-electron chi connectivity index (χ3n) is 5.18. The van der Waals surface area contributed by atoms with E-state index in [1.807, 2.05) is 72.2 Å². The molecule has 0 N–H and O–H groups in total. The fraction of sp³-hybridized carbons (Fsp3) is 0.391. The number of rotatable bonds is 6. The zero-order chi connectivity index (χ0) is 19.9. The summed E-state index contributed by atoms with van der Waals surface area (Å²) in [6.45, 7) is 6.84. The first-order chi connectivity index (χ1) is 13.6. The molecule has 1 fully saturated rings. The van der Waals surface area contributed by atoms with Crippen LogP contribution in [0.25, 0.3) is 0 Å². The quantitative estimate of drug-likeness (QED) is 0.722. The molecule has 0 radical (unpaired) electrons. The average Bonchev–Trinajstić information content (AvgIpc) is 2.72. The average molecular weight is 380 g/mol. The summed E-state index contributed by atoms with van der Waals surface area (Å²) in [4.78, 5) is 28.8. The molecule has 2 amide bonds. The SMILES string of the molecule is Cc1ccccc1OCCCC(=O)N1CCN(C(=O)c2ccccc2C)CC1. The van der Waals surface area contributed by atoms with Crippen molar-refractivity contribution in [2.24, 2.45) is 0 Å². The summed E-state index contributed by atoms with van der Waals surface area (Å²) in [5.41, 5.74) is 2.83. The van der Waals surface area contributed by atoms with Crippen LogP contribution in [0.1, 0.15) is 34.3 Å². The van der Waals surface area contributed by atoms with Gasteiger partial charge in [0.15, 0.2) is 0 Å². The number of nitrogens with zero attached hydrogens (tertiary/aromatic N) is 2. The lowest BCUT2D eigenvalue weighted by Crippen LogP contribution is -2.50. The Balaban J connectivity index is 1.41. The lowest BCUT2D eigenvalue weighted by Gasteiger charge is -2.35. The van der Waals surface area contributed by atoms with Gasteiger partial charge in [0.2, 0.25) is 5.91 Å². The van der Waals surface area contributed by atoms with Gasteiger partial charge in [-0.3, -0.25) is 9.59 Å². The van der Waals surface area contributed by atoms with Crippen LogP contribution in [0.3, 0.4) is 0 Å². The fourth-order valence-electron chi connectivity index (χ4n) is 3.42. The maximum Gasteiger partial charge on any atom is 0.254 e. The van der Waals surface area contributed by atoms with E-state index in [1.54, 1.807) is 0 Å². The van der Waals surface area contributed by atoms with Crippen LogP contribution in [0.5, 0.6) is 5.75 Å². The summed E-state index contributed by atoms with van der Waals surface area (Å²) in [5.74, 6) is 1.06. The summed E-state index contributed by atoms with van der Waals surface area (Å²) in [6.07, 6.45) is 1.16. The second kappa shape index (κ2) is 9.40. The van der Waals surface area contributed by atoms with Crippen molar-refractivity contribution in [1.29, 1.82) is 0 Å². The smallest absolute Gasteiger partial charge is 0.254 e. The molecular weight excluding hydrogens is 352 g/mol. The molecule has 0 unspecified atom stereocenters. The zero-order valence-electron chi connectivity index (χ0n) is 16.7. The molecule has 1 heterocycles. The van der Waals surface area contributed by atoms with E-state index in [4.69, 9.17) is 4.74 Å². The van der Waals surface area contributed by atoms with E-state index in [0.717, 1.165) is 22.4 Å². The van der Waals surface area contributed by atoms with Crippen molar-refractivity contribution >= 4 is 11.8 Å². The zero-order valence-corrected chi connectivity index (χ0v) is 16.7. The van der Waals surface area contributed by atoms with Gasteiger partial charge in [-0.25, -0.2) is 0 Å². The van der Waals surface area contributed by atoms with Gasteiger partial charge >= 0.3 is 0 Å². The fourth-order valence-corrected chi connectivity index (χ4v) is 3.42. The van der Waals surface area contributed by atoms with Gasteiger partial charge in [-0.1, -0.05) is 36.4 Å². The summed E-state index contributed by atoms with van der Waals surface area (Å²) >= 11 is 0. The molecule has 2 aromatic rings. The molecule has 2 aromatic carbocycles. The maximum absolute atomic E-state index is 12.7. The number of para-hydroxylation sites is 1. The van der Waals surface area contributed by atoms with Crippen LogP contribution < -0.4 is 4.74 Å². The first-order valence-electron chi connectivity index (χ1n) is 9.87. The van der Waals surface area contributed by atoms with Gasteiger partial charge in [-0.15, -0.1) is 0 Å². The third kappa shape index (κ3) is 4.91. The van der Waals surface area contributed by atoms with E-state index in [2.05, 4.69) is 0 Å². The van der Waals surface area contributed by atoms with Crippen LogP contribution in [0.15, 0.2) is 48.5 Å². The molecule has 0 atom stereocenters. The lowest BCUT2D eigenvalue weighted by atomic mass is 10.1. The monoisotopic (exact) mass is 380 g/mol. The minimum Gasteiger partial charge on any atom is -0.493 e. The predicted molar refractivity (Wildman–Crippen MR) is 110 cm³/mol. The first kappa shape index (κ1) is 19.9. The Bertz CT molecular complexity index is 826. The molecule has 0 aliphatic carbocycles. The lowest BCUT2D eigenvalue weighted by molar-refractivity contribution is -0.132. The second-order valence-corrected chi connectivity index (χ2v) is 7.21. The molecule has 5 nitrogen and oxygen atoms in total. The summed E-state index contributed by atoms with van der Waals surface area (Å²) in [5, 5.41) is 0. The Morgan fingerprint density at radius 3 is 2.14 bits per heavy atom. The molecule has 1 aliphatic heterocycles. The van der Waals surface area contributed by atoms with Gasteiger partial charge in [0.1, 0.15) is 5.75 Å². The molecule has 5 heteroatoms. The summed E-state index contributed by atoms with van der Waals surface area (Å²) in [6, 6.07) is 15.5. The molecule has 1 aliphatic rings. The van der Waals surface area contributed by atoms with Crippen molar-refractivity contribution in [3.05, 3.63) is 65.2 Å². The Labute approximate surface area is 166 Å². The Morgan fingerprint density at radius 2 is 1.46 bits per heavy atom. The maximum atomic E-state index is 12.7. The molecule has 28 heavy (non-hydrogen) atoms. The first-order valence-corrected chi connectivity index (χ1v) is 9.87. The number of carbonyl (C=O) groups is 2. The summed E-state index contributed by atoms with van der Waals surface area (Å²) < 4.78 is 5.76. The van der Waals surface area contributed by atoms with Gasteiger partial charge in [0, 0.05) is 38.2 Å². The topological polar surface area (TPSA) is 49.9 Å². The van der Waals surface area contributed by atoms with Crippen LogP contribution in [0, 0.1) is 13.8 Å². The molecule has 0 spiro atoms. The minimum atomic E-state index is 0.0526. The molecular formula is C23H28N2O3. The highest BCUT2D eigenvalue weighted by Gasteiger charge is 2.25. The van der Waals surface area contributed by atoms with Crippen molar-refractivity contribution in [2.75, 3.05) is 32.8 Å². The van der Waals surface area contributed by atoms with Gasteiger partial charge < -0.3 is 14.5 Å². The van der Waals surface area contributed by atoms with Crippen LogP contribution in [-0.2, 0) is 4.79 Å². The summed E-state index contributed by atoms with van der Waals surface area (Å²) in [7, 11) is 0. The number of hydrogen-bond acceptors (Lipinski definition) is 3. The molecule has 0 saturated carbocycles. The van der Waals surface area contributed by atoms with E-state index in [1.165, 1.54) is 0 Å². The Kier molecular flexibility index (Phi) is 6.69. The van der Waals surface area contributed by atoms with Crippen LogP contribution in [0.4, 0.5) is 0 Å². The highest BCUT2D eigenvalue weighted by Crippen LogP contribution is 2.17. The molecule has 3 rings (SSSR count). The van der Waals surface area contributed by atoms with E-state index in [-0.39, 0.29) is 11.8 Å². The normalized spacial score (nSPS) is 14.1. The molecule has 1 saturated heterocycles. The predicted octanol–water partition coefficient (Wildman–Crippen LogP) is 3.45. The molecule has 148 valence electrons. The minimum absolute atomic E-state index is 0.0526. The number of amides is 2. The van der Waals surface area contributed by atoms with Gasteiger partial charge in [0.25, 0.3) is 5.91 Å². The number of aryl methyl sites for hydroxylation is 2. The van der Waals surface area contributed by atoms with E-state index >= 15 is 0 Å². The van der Waals surface area contributed by atoms with Gasteiger partial charge in [-0.2, -0.15) is 0 Å². The van der Waals surface area contributed by atoms with Crippen LogP contribution >= 0.6 is 0 Å². The van der Waals surface area contributed by atoms with Crippen molar-refractivity contribution in [3.8, 4) is 5.75 Å². The van der Waals surface area contributed by atoms with E-state index < -0.39 is 0 Å². The van der Waals surface area contributed by atoms with Crippen molar-refractivity contribution in [2.45, 2.75) is 26.7 Å². The van der Waals surface area contributed by atoms with Crippen LogP contribution in [0.2, 0.25) is 0 Å². The number of carbonyl (C=O) groups excluding carboxylic acids is 2. The van der Waals surface area contributed by atoms with Crippen LogP contribution in [-0.4, -0.2) is 54.4 Å². The highest BCUT2D eigenvalue weighted by molar-refractivity contribution is 5.95. The van der Waals surface area contributed by atoms with E-state index in [0.29, 0.717) is 45.6 Å². The van der Waals surface area contributed by atoms with Crippen molar-refractivity contribution < 1.29 is 14.3 Å². The largest absolute Gasteiger partial charge is 0.493 e. The van der Waals surface area contributed by atoms with Gasteiger partial charge in [0.05, 0.1) is 6.61 Å². The van der Waals surface area contributed by atoms with Crippen molar-refractivity contribution in [1.82, 2.24) is 9.80 Å². The number of piperazine rings is 1. The van der Waals surface area contributed by atoms with Crippen molar-refractivity contribution in [3.63, 3.8) is 0 Å². The number of ether oxygens (including phenoxy) is 1. The number of hydrogen-bond donors (Lipinski definition) is 0. The van der Waals surface area contributed by atoms with E-state index in [9.17, 15) is 9.59 Å². The highest BCUT2D eigenvalue weighted by atomic mass is 16.5. The Hall–Kier alpha value is -2.82. The Morgan fingerprint density at radius 1 is 0.857 bits per heavy atom. The van der Waals surface area contributed by atoms with Gasteiger partial charge in [-0.05, 0) is 43.5 Å². The molecule has 0 aromatic heterocycles. The second-order valence-electron chi connectivity index (χ2n) is 7.21. The number of benzene rings is 2. The third-order valence-corrected chi connectivity index (χ3v) is 5.18. The standard InChI is InChI=1S/C23H28N2O3/c1-18-8-3-5-10-20(18)23(27)25-15-13-24(14-16-25)22(26)12-7-17-28-21-11-6-4-9-19(21)2/h3-6,8-11H,7,12-17H2,1-2H3.